The molecule has 0 aliphatic heterocycles. The molecule has 68 valence electrons. The van der Waals surface area contributed by atoms with Crippen molar-refractivity contribution in [2.75, 3.05) is 0 Å². The lowest BCUT2D eigenvalue weighted by Gasteiger charge is -2.11. The van der Waals surface area contributed by atoms with E-state index >= 15 is 0 Å². The second-order valence-electron chi connectivity index (χ2n) is 3.20. The molecule has 1 heterocycles. The molecule has 0 N–H and O–H groups in total. The van der Waals surface area contributed by atoms with Gasteiger partial charge in [-0.05, 0) is 6.42 Å². The van der Waals surface area contributed by atoms with Crippen LogP contribution in [-0.4, -0.2) is 19.8 Å². The Balaban J connectivity index is 2.65. The Morgan fingerprint density at radius 1 is 1.58 bits per heavy atom. The van der Waals surface area contributed by atoms with Crippen molar-refractivity contribution in [3.63, 3.8) is 0 Å². The van der Waals surface area contributed by atoms with Crippen molar-refractivity contribution in [2.24, 2.45) is 7.05 Å². The maximum Gasteiger partial charge on any atom is 0.0727 e. The molecule has 0 saturated carbocycles. The summed E-state index contributed by atoms with van der Waals surface area (Å²) in [7, 11) is 1.93. The van der Waals surface area contributed by atoms with Gasteiger partial charge in [0.2, 0.25) is 0 Å². The largest absolute Gasteiger partial charge is 0.252 e. The van der Waals surface area contributed by atoms with Crippen molar-refractivity contribution in [1.29, 1.82) is 0 Å². The van der Waals surface area contributed by atoms with Gasteiger partial charge in [-0.1, -0.05) is 35.0 Å². The lowest BCUT2D eigenvalue weighted by molar-refractivity contribution is 0.595. The zero-order chi connectivity index (χ0) is 9.14. The van der Waals surface area contributed by atoms with Crippen LogP contribution >= 0.6 is 15.9 Å². The summed E-state index contributed by atoms with van der Waals surface area (Å²) in [6, 6.07) is 0. The van der Waals surface area contributed by atoms with Gasteiger partial charge >= 0.3 is 0 Å². The first-order valence-corrected chi connectivity index (χ1v) is 5.01. The predicted octanol–water partition coefficient (Wildman–Crippen LogP) is 2.09. The van der Waals surface area contributed by atoms with E-state index in [1.54, 1.807) is 0 Å². The van der Waals surface area contributed by atoms with Crippen LogP contribution in [-0.2, 0) is 7.05 Å². The molecule has 0 radical (unpaired) electrons. The number of aromatic nitrogens is 3. The fourth-order valence-electron chi connectivity index (χ4n) is 1.35. The van der Waals surface area contributed by atoms with Crippen LogP contribution < -0.4 is 0 Å². The van der Waals surface area contributed by atoms with Crippen LogP contribution in [0.1, 0.15) is 31.9 Å². The van der Waals surface area contributed by atoms with Crippen molar-refractivity contribution in [1.82, 2.24) is 15.0 Å². The van der Waals surface area contributed by atoms with Crippen molar-refractivity contribution in [2.45, 2.75) is 31.0 Å². The molecule has 12 heavy (non-hydrogen) atoms. The first-order chi connectivity index (χ1) is 5.61. The molecule has 1 aromatic rings. The normalized spacial score (nSPS) is 16.0. The third-order valence-corrected chi connectivity index (χ3v) is 2.31. The maximum atomic E-state index is 3.90. The van der Waals surface area contributed by atoms with E-state index in [1.165, 1.54) is 5.69 Å². The smallest absolute Gasteiger partial charge is 0.0727 e. The van der Waals surface area contributed by atoms with Crippen LogP contribution in [0.4, 0.5) is 0 Å². The fourth-order valence-corrected chi connectivity index (χ4v) is 1.91. The highest BCUT2D eigenvalue weighted by Gasteiger charge is 2.12. The topological polar surface area (TPSA) is 30.7 Å². The zero-order valence-corrected chi connectivity index (χ0v) is 9.24. The Bertz CT molecular complexity index is 244. The summed E-state index contributed by atoms with van der Waals surface area (Å²) in [4.78, 5) is 0.544. The van der Waals surface area contributed by atoms with Gasteiger partial charge in [0.05, 0.1) is 11.9 Å². The van der Waals surface area contributed by atoms with Gasteiger partial charge < -0.3 is 0 Å². The van der Waals surface area contributed by atoms with Gasteiger partial charge in [0.1, 0.15) is 0 Å². The van der Waals surface area contributed by atoms with E-state index in [-0.39, 0.29) is 0 Å². The van der Waals surface area contributed by atoms with Gasteiger partial charge in [-0.25, -0.2) is 0 Å². The van der Waals surface area contributed by atoms with Crippen LogP contribution in [0.15, 0.2) is 6.20 Å². The highest BCUT2D eigenvalue weighted by atomic mass is 79.9. The Morgan fingerprint density at radius 2 is 2.25 bits per heavy atom. The number of rotatable bonds is 3. The number of alkyl halides is 1. The fraction of sp³-hybridized carbons (Fsp3) is 0.750. The minimum atomic E-state index is 0.513. The lowest BCUT2D eigenvalue weighted by atomic mass is 10.0. The van der Waals surface area contributed by atoms with Crippen LogP contribution in [0, 0.1) is 0 Å². The Kier molecular flexibility index (Phi) is 3.26. The summed E-state index contributed by atoms with van der Waals surface area (Å²) in [6.45, 7) is 4.34. The Hall–Kier alpha value is -0.380. The first-order valence-electron chi connectivity index (χ1n) is 4.10. The Labute approximate surface area is 81.3 Å². The molecule has 0 amide bonds. The third kappa shape index (κ3) is 2.30. The van der Waals surface area contributed by atoms with Gasteiger partial charge in [-0.15, -0.1) is 5.10 Å². The van der Waals surface area contributed by atoms with Crippen molar-refractivity contribution < 1.29 is 0 Å². The molecule has 2 unspecified atom stereocenters. The standard InChI is InChI=1S/C8H14BrN3/c1-6(4-7(2)9)8-5-10-11-12(8)3/h5-7H,4H2,1-3H3. The predicted molar refractivity (Wildman–Crippen MR) is 52.4 cm³/mol. The van der Waals surface area contributed by atoms with Gasteiger partial charge in [0, 0.05) is 17.8 Å². The SMILES string of the molecule is CC(Br)CC(C)c1cnnn1C. The van der Waals surface area contributed by atoms with Gasteiger partial charge in [-0.2, -0.15) is 0 Å². The minimum Gasteiger partial charge on any atom is -0.252 e. The minimum absolute atomic E-state index is 0.513. The maximum absolute atomic E-state index is 3.90. The van der Waals surface area contributed by atoms with Crippen LogP contribution in [0.25, 0.3) is 0 Å². The van der Waals surface area contributed by atoms with Gasteiger partial charge in [0.25, 0.3) is 0 Å². The number of hydrogen-bond donors (Lipinski definition) is 0. The average molecular weight is 232 g/mol. The molecular weight excluding hydrogens is 218 g/mol. The van der Waals surface area contributed by atoms with Crippen molar-refractivity contribution >= 4 is 15.9 Å². The molecule has 0 fully saturated rings. The van der Waals surface area contributed by atoms with Crippen LogP contribution in [0.5, 0.6) is 0 Å². The second kappa shape index (κ2) is 4.03. The van der Waals surface area contributed by atoms with Crippen molar-refractivity contribution in [3.8, 4) is 0 Å². The number of halogens is 1. The van der Waals surface area contributed by atoms with E-state index < -0.39 is 0 Å². The van der Waals surface area contributed by atoms with Crippen LogP contribution in [0.2, 0.25) is 0 Å². The molecule has 0 spiro atoms. The monoisotopic (exact) mass is 231 g/mol. The first kappa shape index (κ1) is 9.71. The molecule has 1 aromatic heterocycles. The molecule has 0 aromatic carbocycles. The van der Waals surface area contributed by atoms with Crippen LogP contribution in [0.3, 0.4) is 0 Å². The molecule has 0 saturated heterocycles. The van der Waals surface area contributed by atoms with Gasteiger partial charge in [0.15, 0.2) is 0 Å². The number of hydrogen-bond acceptors (Lipinski definition) is 2. The zero-order valence-electron chi connectivity index (χ0n) is 7.66. The summed E-state index contributed by atoms with van der Waals surface area (Å²) >= 11 is 3.54. The summed E-state index contributed by atoms with van der Waals surface area (Å²) in [5.41, 5.74) is 1.20. The summed E-state index contributed by atoms with van der Waals surface area (Å²) < 4.78 is 1.83. The summed E-state index contributed by atoms with van der Waals surface area (Å²) in [6.07, 6.45) is 2.95. The molecule has 1 rings (SSSR count). The highest BCUT2D eigenvalue weighted by Crippen LogP contribution is 2.21. The third-order valence-electron chi connectivity index (χ3n) is 1.93. The second-order valence-corrected chi connectivity index (χ2v) is 4.76. The molecule has 0 aliphatic rings. The summed E-state index contributed by atoms with van der Waals surface area (Å²) in [5.74, 6) is 0.513. The molecule has 2 atom stereocenters. The molecule has 3 nitrogen and oxygen atoms in total. The molecule has 0 aliphatic carbocycles. The van der Waals surface area contributed by atoms with E-state index in [9.17, 15) is 0 Å². The number of nitrogens with zero attached hydrogens (tertiary/aromatic N) is 3. The van der Waals surface area contributed by atoms with E-state index in [0.717, 1.165) is 6.42 Å². The molecule has 0 bridgehead atoms. The Morgan fingerprint density at radius 3 is 2.67 bits per heavy atom. The van der Waals surface area contributed by atoms with E-state index in [1.807, 2.05) is 17.9 Å². The quantitative estimate of drug-likeness (QED) is 0.747. The average Bonchev–Trinajstić information content (AvgIpc) is 2.33. The van der Waals surface area contributed by atoms with E-state index in [0.29, 0.717) is 10.7 Å². The van der Waals surface area contributed by atoms with Crippen molar-refractivity contribution in [3.05, 3.63) is 11.9 Å². The summed E-state index contributed by atoms with van der Waals surface area (Å²) in [5, 5.41) is 7.74. The van der Waals surface area contributed by atoms with E-state index in [4.69, 9.17) is 0 Å². The molecule has 4 heteroatoms. The highest BCUT2D eigenvalue weighted by molar-refractivity contribution is 9.09. The number of aryl methyl sites for hydroxylation is 1. The molecular formula is C8H14BrN3. The van der Waals surface area contributed by atoms with Gasteiger partial charge in [-0.3, -0.25) is 4.68 Å². The van der Waals surface area contributed by atoms with E-state index in [2.05, 4.69) is 40.1 Å². The lowest BCUT2D eigenvalue weighted by Crippen LogP contribution is -2.06.